The molecule has 0 bridgehead atoms. The van der Waals surface area contributed by atoms with E-state index < -0.39 is 0 Å². The molecule has 0 aromatic heterocycles. The first-order valence-electron chi connectivity index (χ1n) is 6.11. The van der Waals surface area contributed by atoms with Crippen LogP contribution in [0.2, 0.25) is 0 Å². The minimum atomic E-state index is 0.526. The molecular formula is C14H21NO. The molecule has 1 aliphatic rings. The highest BCUT2D eigenvalue weighted by molar-refractivity contribution is 5.39. The average molecular weight is 219 g/mol. The maximum Gasteiger partial charge on any atom is 0.119 e. The lowest BCUT2D eigenvalue weighted by atomic mass is 10.0. The zero-order chi connectivity index (χ0) is 11.5. The van der Waals surface area contributed by atoms with Crippen LogP contribution in [0, 0.1) is 0 Å². The highest BCUT2D eigenvalue weighted by Gasteiger charge is 2.25. The molecule has 2 heteroatoms. The van der Waals surface area contributed by atoms with Crippen molar-refractivity contribution in [2.75, 3.05) is 7.11 Å². The van der Waals surface area contributed by atoms with E-state index in [1.54, 1.807) is 7.11 Å². The van der Waals surface area contributed by atoms with Gasteiger partial charge in [-0.05, 0) is 42.0 Å². The number of methoxy groups -OCH3 is 1. The lowest BCUT2D eigenvalue weighted by molar-refractivity contribution is 0.413. The van der Waals surface area contributed by atoms with Gasteiger partial charge in [0.2, 0.25) is 0 Å². The Hall–Kier alpha value is -1.02. The minimum Gasteiger partial charge on any atom is -0.497 e. The molecule has 1 saturated carbocycles. The summed E-state index contributed by atoms with van der Waals surface area (Å²) in [6.07, 6.45) is 2.70. The van der Waals surface area contributed by atoms with Gasteiger partial charge in [-0.25, -0.2) is 0 Å². The SMILES string of the molecule is COc1ccc(C2CC2)c(CNC(C)C)c1. The van der Waals surface area contributed by atoms with Gasteiger partial charge in [0.15, 0.2) is 0 Å². The first kappa shape index (κ1) is 11.5. The maximum atomic E-state index is 5.29. The second kappa shape index (κ2) is 4.88. The van der Waals surface area contributed by atoms with Crippen LogP contribution in [0.1, 0.15) is 43.7 Å². The van der Waals surface area contributed by atoms with E-state index in [-0.39, 0.29) is 0 Å². The van der Waals surface area contributed by atoms with Crippen molar-refractivity contribution in [1.82, 2.24) is 5.32 Å². The molecule has 0 aliphatic heterocycles. The molecule has 2 rings (SSSR count). The summed E-state index contributed by atoms with van der Waals surface area (Å²) in [7, 11) is 1.73. The van der Waals surface area contributed by atoms with E-state index in [4.69, 9.17) is 4.74 Å². The molecule has 0 amide bonds. The van der Waals surface area contributed by atoms with Crippen LogP contribution in [0.25, 0.3) is 0 Å². The third-order valence-electron chi connectivity index (χ3n) is 3.07. The molecule has 2 nitrogen and oxygen atoms in total. The summed E-state index contributed by atoms with van der Waals surface area (Å²) in [5.41, 5.74) is 2.91. The van der Waals surface area contributed by atoms with Gasteiger partial charge in [-0.1, -0.05) is 19.9 Å². The molecule has 0 saturated heterocycles. The Morgan fingerprint density at radius 1 is 1.38 bits per heavy atom. The monoisotopic (exact) mass is 219 g/mol. The lowest BCUT2D eigenvalue weighted by Crippen LogP contribution is -2.22. The molecule has 0 spiro atoms. The van der Waals surface area contributed by atoms with Crippen molar-refractivity contribution in [3.8, 4) is 5.75 Å². The van der Waals surface area contributed by atoms with Gasteiger partial charge in [-0.15, -0.1) is 0 Å². The summed E-state index contributed by atoms with van der Waals surface area (Å²) in [5, 5.41) is 3.48. The second-order valence-corrected chi connectivity index (χ2v) is 4.87. The molecule has 16 heavy (non-hydrogen) atoms. The number of hydrogen-bond donors (Lipinski definition) is 1. The number of ether oxygens (including phenoxy) is 1. The van der Waals surface area contributed by atoms with Crippen LogP contribution in [0.15, 0.2) is 18.2 Å². The van der Waals surface area contributed by atoms with Crippen LogP contribution >= 0.6 is 0 Å². The van der Waals surface area contributed by atoms with Gasteiger partial charge in [-0.2, -0.15) is 0 Å². The highest BCUT2D eigenvalue weighted by Crippen LogP contribution is 2.42. The first-order valence-corrected chi connectivity index (χ1v) is 6.11. The topological polar surface area (TPSA) is 21.3 Å². The first-order chi connectivity index (χ1) is 7.70. The summed E-state index contributed by atoms with van der Waals surface area (Å²) in [5.74, 6) is 1.76. The third kappa shape index (κ3) is 2.76. The van der Waals surface area contributed by atoms with Gasteiger partial charge in [0, 0.05) is 12.6 Å². The van der Waals surface area contributed by atoms with E-state index in [0.29, 0.717) is 6.04 Å². The van der Waals surface area contributed by atoms with Gasteiger partial charge < -0.3 is 10.1 Å². The van der Waals surface area contributed by atoms with Gasteiger partial charge in [0.05, 0.1) is 7.11 Å². The largest absolute Gasteiger partial charge is 0.497 e. The molecule has 1 N–H and O–H groups in total. The summed E-state index contributed by atoms with van der Waals surface area (Å²) in [6, 6.07) is 7.00. The average Bonchev–Trinajstić information content (AvgIpc) is 3.09. The number of benzene rings is 1. The minimum absolute atomic E-state index is 0.526. The smallest absolute Gasteiger partial charge is 0.119 e. The summed E-state index contributed by atoms with van der Waals surface area (Å²) in [4.78, 5) is 0. The maximum absolute atomic E-state index is 5.29. The van der Waals surface area contributed by atoms with Crippen LogP contribution in [-0.4, -0.2) is 13.2 Å². The predicted molar refractivity (Wildman–Crippen MR) is 66.9 cm³/mol. The van der Waals surface area contributed by atoms with Crippen LogP contribution in [0.5, 0.6) is 5.75 Å². The molecule has 1 fully saturated rings. The Balaban J connectivity index is 2.16. The molecule has 1 aromatic carbocycles. The highest BCUT2D eigenvalue weighted by atomic mass is 16.5. The van der Waals surface area contributed by atoms with E-state index in [1.807, 2.05) is 0 Å². The van der Waals surface area contributed by atoms with Crippen molar-refractivity contribution in [3.05, 3.63) is 29.3 Å². The predicted octanol–water partition coefficient (Wildman–Crippen LogP) is 3.07. The van der Waals surface area contributed by atoms with Crippen LogP contribution in [0.4, 0.5) is 0 Å². The fourth-order valence-corrected chi connectivity index (χ4v) is 1.97. The van der Waals surface area contributed by atoms with Crippen molar-refractivity contribution in [2.24, 2.45) is 0 Å². The fraction of sp³-hybridized carbons (Fsp3) is 0.571. The van der Waals surface area contributed by atoms with E-state index in [0.717, 1.165) is 18.2 Å². The van der Waals surface area contributed by atoms with Crippen molar-refractivity contribution < 1.29 is 4.74 Å². The number of nitrogens with one attached hydrogen (secondary N) is 1. The van der Waals surface area contributed by atoms with E-state index in [9.17, 15) is 0 Å². The molecule has 1 aromatic rings. The van der Waals surface area contributed by atoms with Gasteiger partial charge in [-0.3, -0.25) is 0 Å². The Kier molecular flexibility index (Phi) is 3.49. The molecule has 1 aliphatic carbocycles. The Bertz CT molecular complexity index is 356. The fourth-order valence-electron chi connectivity index (χ4n) is 1.97. The summed E-state index contributed by atoms with van der Waals surface area (Å²) >= 11 is 0. The van der Waals surface area contributed by atoms with E-state index >= 15 is 0 Å². The molecule has 0 radical (unpaired) electrons. The Morgan fingerprint density at radius 2 is 2.12 bits per heavy atom. The standard InChI is InChI=1S/C14H21NO/c1-10(2)15-9-12-8-13(16-3)6-7-14(12)11-4-5-11/h6-8,10-11,15H,4-5,9H2,1-3H3. The Labute approximate surface area is 98.0 Å². The van der Waals surface area contributed by atoms with Gasteiger partial charge >= 0.3 is 0 Å². The Morgan fingerprint density at radius 3 is 2.69 bits per heavy atom. The van der Waals surface area contributed by atoms with Gasteiger partial charge in [0.1, 0.15) is 5.75 Å². The molecule has 0 unspecified atom stereocenters. The quantitative estimate of drug-likeness (QED) is 0.821. The summed E-state index contributed by atoms with van der Waals surface area (Å²) < 4.78 is 5.29. The van der Waals surface area contributed by atoms with E-state index in [1.165, 1.54) is 24.0 Å². The summed E-state index contributed by atoms with van der Waals surface area (Å²) in [6.45, 7) is 5.30. The number of rotatable bonds is 5. The lowest BCUT2D eigenvalue weighted by Gasteiger charge is -2.13. The van der Waals surface area contributed by atoms with E-state index in [2.05, 4.69) is 37.4 Å². The van der Waals surface area contributed by atoms with Crippen LogP contribution in [-0.2, 0) is 6.54 Å². The molecule has 0 atom stereocenters. The third-order valence-corrected chi connectivity index (χ3v) is 3.07. The van der Waals surface area contributed by atoms with Crippen molar-refractivity contribution in [1.29, 1.82) is 0 Å². The molecule has 88 valence electrons. The van der Waals surface area contributed by atoms with Gasteiger partial charge in [0.25, 0.3) is 0 Å². The number of hydrogen-bond acceptors (Lipinski definition) is 2. The zero-order valence-electron chi connectivity index (χ0n) is 10.4. The van der Waals surface area contributed by atoms with Crippen LogP contribution in [0.3, 0.4) is 0 Å². The zero-order valence-corrected chi connectivity index (χ0v) is 10.4. The normalized spacial score (nSPS) is 15.5. The molecular weight excluding hydrogens is 198 g/mol. The van der Waals surface area contributed by atoms with Crippen LogP contribution < -0.4 is 10.1 Å². The molecule has 0 heterocycles. The van der Waals surface area contributed by atoms with Crippen molar-refractivity contribution in [2.45, 2.75) is 45.2 Å². The van der Waals surface area contributed by atoms with Crippen molar-refractivity contribution in [3.63, 3.8) is 0 Å². The second-order valence-electron chi connectivity index (χ2n) is 4.87. The van der Waals surface area contributed by atoms with Crippen molar-refractivity contribution >= 4 is 0 Å².